The Balaban J connectivity index is 1.72. The predicted molar refractivity (Wildman–Crippen MR) is 77.6 cm³/mol. The summed E-state index contributed by atoms with van der Waals surface area (Å²) < 4.78 is 5.70. The van der Waals surface area contributed by atoms with E-state index >= 15 is 0 Å². The van der Waals surface area contributed by atoms with Crippen molar-refractivity contribution >= 4 is 23.1 Å². The molecule has 0 spiro atoms. The molecule has 0 aliphatic rings. The van der Waals surface area contributed by atoms with E-state index in [4.69, 9.17) is 4.42 Å². The molecule has 8 heteroatoms. The van der Waals surface area contributed by atoms with E-state index in [-0.39, 0.29) is 5.25 Å². The molecule has 3 rings (SSSR count). The molecule has 20 heavy (non-hydrogen) atoms. The fourth-order valence-corrected chi connectivity index (χ4v) is 3.01. The minimum atomic E-state index is 0.0109. The minimum Gasteiger partial charge on any atom is -0.419 e. The Morgan fingerprint density at radius 2 is 2.35 bits per heavy atom. The van der Waals surface area contributed by atoms with Gasteiger partial charge in [0.15, 0.2) is 0 Å². The van der Waals surface area contributed by atoms with Crippen molar-refractivity contribution in [1.29, 1.82) is 0 Å². The number of H-pyrrole nitrogens is 1. The second-order valence-electron chi connectivity index (χ2n) is 4.10. The molecule has 3 aromatic rings. The highest BCUT2D eigenvalue weighted by Gasteiger charge is 2.18. The number of nitrogens with zero attached hydrogens (tertiary/aromatic N) is 4. The van der Waals surface area contributed by atoms with Crippen molar-refractivity contribution in [3.8, 4) is 10.8 Å². The molecule has 0 aromatic carbocycles. The molecule has 0 saturated carbocycles. The van der Waals surface area contributed by atoms with E-state index in [2.05, 4.69) is 25.4 Å². The third-order valence-electron chi connectivity index (χ3n) is 2.65. The molecular weight excluding hydrogens is 294 g/mol. The van der Waals surface area contributed by atoms with Crippen LogP contribution in [0, 0.1) is 0 Å². The van der Waals surface area contributed by atoms with Crippen molar-refractivity contribution in [3.63, 3.8) is 0 Å². The van der Waals surface area contributed by atoms with Crippen LogP contribution in [0.15, 0.2) is 27.1 Å². The quantitative estimate of drug-likeness (QED) is 0.728. The van der Waals surface area contributed by atoms with Gasteiger partial charge in [0.25, 0.3) is 5.89 Å². The molecule has 3 aromatic heterocycles. The van der Waals surface area contributed by atoms with E-state index < -0.39 is 0 Å². The first kappa shape index (κ1) is 13.3. The van der Waals surface area contributed by atoms with E-state index in [9.17, 15) is 0 Å². The highest BCUT2D eigenvalue weighted by Crippen LogP contribution is 2.33. The van der Waals surface area contributed by atoms with Crippen LogP contribution < -0.4 is 0 Å². The first-order valence-electron chi connectivity index (χ1n) is 6.21. The number of aromatic nitrogens is 5. The number of hydrogen-bond acceptors (Lipinski definition) is 7. The molecule has 0 aliphatic heterocycles. The monoisotopic (exact) mass is 307 g/mol. The van der Waals surface area contributed by atoms with Crippen LogP contribution >= 0.6 is 23.1 Å². The van der Waals surface area contributed by atoms with Crippen molar-refractivity contribution in [1.82, 2.24) is 25.4 Å². The van der Waals surface area contributed by atoms with Gasteiger partial charge in [0.1, 0.15) is 5.82 Å². The lowest BCUT2D eigenvalue weighted by Gasteiger charge is -2.01. The molecule has 0 amide bonds. The third-order valence-corrected chi connectivity index (χ3v) is 4.46. The fraction of sp³-hybridized carbons (Fsp3) is 0.333. The van der Waals surface area contributed by atoms with Gasteiger partial charge in [0, 0.05) is 6.42 Å². The summed E-state index contributed by atoms with van der Waals surface area (Å²) in [6, 6.07) is 3.92. The number of aromatic amines is 1. The second-order valence-corrected chi connectivity index (χ2v) is 6.36. The maximum atomic E-state index is 5.70. The summed E-state index contributed by atoms with van der Waals surface area (Å²) in [6.45, 7) is 4.03. The van der Waals surface area contributed by atoms with Gasteiger partial charge in [0.05, 0.1) is 10.1 Å². The van der Waals surface area contributed by atoms with Crippen LogP contribution in [-0.4, -0.2) is 25.4 Å². The smallest absolute Gasteiger partial charge is 0.257 e. The van der Waals surface area contributed by atoms with E-state index in [0.29, 0.717) is 16.9 Å². The van der Waals surface area contributed by atoms with Crippen LogP contribution in [0.2, 0.25) is 0 Å². The summed E-state index contributed by atoms with van der Waals surface area (Å²) >= 11 is 3.08. The van der Waals surface area contributed by atoms with Gasteiger partial charge in [-0.05, 0) is 18.4 Å². The maximum absolute atomic E-state index is 5.70. The maximum Gasteiger partial charge on any atom is 0.257 e. The Hall–Kier alpha value is -1.67. The molecule has 0 unspecified atom stereocenters. The normalized spacial score (nSPS) is 12.7. The zero-order valence-corrected chi connectivity index (χ0v) is 12.7. The number of thioether (sulfide) groups is 1. The molecular formula is C12H13N5OS2. The van der Waals surface area contributed by atoms with Crippen LogP contribution in [0.25, 0.3) is 10.8 Å². The SMILES string of the molecule is CCc1nc(S[C@H](C)c2nnc(-c3cccs3)o2)n[nH]1. The number of hydrogen-bond donors (Lipinski definition) is 1. The lowest BCUT2D eigenvalue weighted by atomic mass is 10.5. The van der Waals surface area contributed by atoms with E-state index in [1.54, 1.807) is 11.3 Å². The van der Waals surface area contributed by atoms with Gasteiger partial charge in [-0.25, -0.2) is 4.98 Å². The number of aryl methyl sites for hydroxylation is 1. The lowest BCUT2D eigenvalue weighted by Crippen LogP contribution is -1.89. The average molecular weight is 307 g/mol. The van der Waals surface area contributed by atoms with Crippen molar-refractivity contribution in [2.24, 2.45) is 0 Å². The molecule has 1 atom stereocenters. The first-order chi connectivity index (χ1) is 9.76. The Labute approximate surface area is 124 Å². The number of nitrogens with one attached hydrogen (secondary N) is 1. The summed E-state index contributed by atoms with van der Waals surface area (Å²) in [5.74, 6) is 2.03. The molecule has 104 valence electrons. The molecule has 6 nitrogen and oxygen atoms in total. The number of thiophene rings is 1. The van der Waals surface area contributed by atoms with Crippen LogP contribution in [0.5, 0.6) is 0 Å². The van der Waals surface area contributed by atoms with Gasteiger partial charge in [-0.2, -0.15) is 0 Å². The Morgan fingerprint density at radius 1 is 1.45 bits per heavy atom. The van der Waals surface area contributed by atoms with Crippen LogP contribution in [0.3, 0.4) is 0 Å². The predicted octanol–water partition coefficient (Wildman–Crippen LogP) is 3.33. The average Bonchev–Trinajstić information content (AvgIpc) is 3.19. The standard InChI is InChI=1S/C12H13N5OS2/c1-3-9-13-12(17-14-9)20-7(2)10-15-16-11(18-10)8-5-4-6-19-8/h4-7H,3H2,1-2H3,(H,13,14,17)/t7-/m1/s1. The van der Waals surface area contributed by atoms with Crippen LogP contribution in [0.1, 0.15) is 30.8 Å². The molecule has 0 bridgehead atoms. The minimum absolute atomic E-state index is 0.0109. The molecule has 0 aliphatic carbocycles. The zero-order valence-electron chi connectivity index (χ0n) is 11.0. The Morgan fingerprint density at radius 3 is 3.05 bits per heavy atom. The third kappa shape index (κ3) is 2.75. The van der Waals surface area contributed by atoms with Crippen LogP contribution in [0.4, 0.5) is 0 Å². The van der Waals surface area contributed by atoms with Crippen molar-refractivity contribution in [2.45, 2.75) is 30.7 Å². The summed E-state index contributed by atoms with van der Waals surface area (Å²) in [4.78, 5) is 5.34. The van der Waals surface area contributed by atoms with Gasteiger partial charge in [-0.3, -0.25) is 5.10 Å². The van der Waals surface area contributed by atoms with Gasteiger partial charge in [-0.1, -0.05) is 24.8 Å². The van der Waals surface area contributed by atoms with E-state index in [1.807, 2.05) is 31.4 Å². The molecule has 0 saturated heterocycles. The molecule has 0 radical (unpaired) electrons. The molecule has 3 heterocycles. The van der Waals surface area contributed by atoms with Crippen molar-refractivity contribution in [3.05, 3.63) is 29.2 Å². The topological polar surface area (TPSA) is 80.5 Å². The van der Waals surface area contributed by atoms with Gasteiger partial charge in [-0.15, -0.1) is 26.6 Å². The first-order valence-corrected chi connectivity index (χ1v) is 7.97. The Kier molecular flexibility index (Phi) is 3.83. The van der Waals surface area contributed by atoms with Crippen LogP contribution in [-0.2, 0) is 6.42 Å². The number of rotatable bonds is 5. The molecule has 0 fully saturated rings. The van der Waals surface area contributed by atoms with Crippen molar-refractivity contribution < 1.29 is 4.42 Å². The highest BCUT2D eigenvalue weighted by atomic mass is 32.2. The summed E-state index contributed by atoms with van der Waals surface area (Å²) in [7, 11) is 0. The summed E-state index contributed by atoms with van der Waals surface area (Å²) in [6.07, 6.45) is 0.838. The largest absolute Gasteiger partial charge is 0.419 e. The van der Waals surface area contributed by atoms with Crippen molar-refractivity contribution in [2.75, 3.05) is 0 Å². The zero-order chi connectivity index (χ0) is 13.9. The Bertz CT molecular complexity index is 676. The second kappa shape index (κ2) is 5.76. The van der Waals surface area contributed by atoms with Gasteiger partial charge in [0.2, 0.25) is 11.0 Å². The van der Waals surface area contributed by atoms with Gasteiger partial charge < -0.3 is 4.42 Å². The van der Waals surface area contributed by atoms with E-state index in [1.165, 1.54) is 11.8 Å². The molecule has 1 N–H and O–H groups in total. The lowest BCUT2D eigenvalue weighted by molar-refractivity contribution is 0.510. The highest BCUT2D eigenvalue weighted by molar-refractivity contribution is 7.99. The summed E-state index contributed by atoms with van der Waals surface area (Å²) in [5.41, 5.74) is 0. The summed E-state index contributed by atoms with van der Waals surface area (Å²) in [5, 5.41) is 17.9. The van der Waals surface area contributed by atoms with Gasteiger partial charge >= 0.3 is 0 Å². The van der Waals surface area contributed by atoms with E-state index in [0.717, 1.165) is 17.1 Å². The fourth-order valence-electron chi connectivity index (χ4n) is 1.60.